The second kappa shape index (κ2) is 9.46. The van der Waals surface area contributed by atoms with Crippen molar-refractivity contribution in [2.24, 2.45) is 29.1 Å². The van der Waals surface area contributed by atoms with Crippen LogP contribution in [0.4, 0.5) is 5.69 Å². The number of carbonyl (C=O) groups excluding carboxylic acids is 2. The van der Waals surface area contributed by atoms with Gasteiger partial charge in [0.1, 0.15) is 16.8 Å². The number of hydrogen-bond acceptors (Lipinski definition) is 9. The van der Waals surface area contributed by atoms with Crippen LogP contribution in [0.25, 0.3) is 0 Å². The molecule has 10 nitrogen and oxygen atoms in total. The monoisotopic (exact) mass is 584 g/mol. The predicted octanol–water partition coefficient (Wildman–Crippen LogP) is 2.22. The molecule has 10 heteroatoms. The third-order valence-corrected chi connectivity index (χ3v) is 12.6. The summed E-state index contributed by atoms with van der Waals surface area (Å²) in [5, 5.41) is 28.4. The summed E-state index contributed by atoms with van der Waals surface area (Å²) in [4.78, 5) is 28.3. The highest BCUT2D eigenvalue weighted by molar-refractivity contribution is 6.00. The van der Waals surface area contributed by atoms with E-state index in [1.165, 1.54) is 6.92 Å². The van der Waals surface area contributed by atoms with Gasteiger partial charge in [-0.15, -0.1) is 0 Å². The van der Waals surface area contributed by atoms with E-state index in [2.05, 4.69) is 17.1 Å². The summed E-state index contributed by atoms with van der Waals surface area (Å²) in [6, 6.07) is 6.89. The van der Waals surface area contributed by atoms with Gasteiger partial charge in [0.25, 0.3) is 0 Å². The first-order valence-electron chi connectivity index (χ1n) is 15.4. The molecule has 12 atom stereocenters. The molecule has 1 amide bonds. The summed E-state index contributed by atoms with van der Waals surface area (Å²) in [6.07, 6.45) is 1.91. The van der Waals surface area contributed by atoms with Gasteiger partial charge in [0.15, 0.2) is 0 Å². The van der Waals surface area contributed by atoms with Crippen molar-refractivity contribution in [2.45, 2.75) is 87.1 Å². The summed E-state index contributed by atoms with van der Waals surface area (Å²) >= 11 is 0. The number of amides is 1. The van der Waals surface area contributed by atoms with Crippen molar-refractivity contribution >= 4 is 17.6 Å². The van der Waals surface area contributed by atoms with Crippen LogP contribution in [0.1, 0.15) is 56.3 Å². The first-order valence-corrected chi connectivity index (χ1v) is 15.4. The maximum Gasteiger partial charge on any atom is 0.340 e. The standard InChI is InChI=1S/C32H44N2O8/c1-6-34-16-29(42-28(36)18-9-7-8-10-21(18)33-17(2)35)12-11-25(40-4)31-23(29)14-20(26(31)34)30(37)15-22(39-3)19-13-24(31)32(30,38)27(19)41-5/h7-10,19-20,22-27,37-38H,6,11-16H2,1-5H3,(H,33,35)/t19-,20+,22+,23-,24+,25+,26+,27-,29-,30+,31+,32+/m1/s1. The molecule has 1 aromatic rings. The molecule has 1 saturated heterocycles. The number of para-hydroxylation sites is 1. The van der Waals surface area contributed by atoms with Crippen molar-refractivity contribution in [1.29, 1.82) is 0 Å². The number of carbonyl (C=O) groups is 2. The number of aliphatic hydroxyl groups is 2. The number of anilines is 1. The lowest BCUT2D eigenvalue weighted by atomic mass is 9.44. The molecule has 1 aliphatic heterocycles. The molecule has 230 valence electrons. The predicted molar refractivity (Wildman–Crippen MR) is 152 cm³/mol. The smallest absolute Gasteiger partial charge is 0.340 e. The molecule has 7 rings (SSSR count). The van der Waals surface area contributed by atoms with Crippen molar-refractivity contribution in [3.63, 3.8) is 0 Å². The van der Waals surface area contributed by atoms with Crippen LogP contribution in [0, 0.1) is 29.1 Å². The fraction of sp³-hybridized carbons (Fsp3) is 0.750. The molecule has 6 fully saturated rings. The number of methoxy groups -OCH3 is 3. The van der Waals surface area contributed by atoms with Gasteiger partial charge in [0.05, 0.1) is 29.6 Å². The molecule has 0 aromatic heterocycles. The van der Waals surface area contributed by atoms with Crippen LogP contribution in [0.5, 0.6) is 0 Å². The van der Waals surface area contributed by atoms with E-state index >= 15 is 0 Å². The Labute approximate surface area is 247 Å². The van der Waals surface area contributed by atoms with E-state index in [1.807, 2.05) is 0 Å². The van der Waals surface area contributed by atoms with Gasteiger partial charge < -0.3 is 34.5 Å². The molecule has 7 bridgehead atoms. The number of benzene rings is 1. The number of piperidine rings is 1. The summed E-state index contributed by atoms with van der Waals surface area (Å²) in [5.74, 6) is -1.54. The normalized spacial score (nSPS) is 48.2. The van der Waals surface area contributed by atoms with Crippen LogP contribution < -0.4 is 5.32 Å². The van der Waals surface area contributed by atoms with Gasteiger partial charge in [0, 0.05) is 76.3 Å². The Kier molecular flexibility index (Phi) is 6.46. The Morgan fingerprint density at radius 3 is 2.50 bits per heavy atom. The summed E-state index contributed by atoms with van der Waals surface area (Å²) in [5.41, 5.74) is -3.57. The van der Waals surface area contributed by atoms with Crippen molar-refractivity contribution in [3.8, 4) is 0 Å². The van der Waals surface area contributed by atoms with Crippen LogP contribution in [-0.2, 0) is 23.7 Å². The van der Waals surface area contributed by atoms with Gasteiger partial charge in [-0.1, -0.05) is 19.1 Å². The lowest BCUT2D eigenvalue weighted by Crippen LogP contribution is -2.83. The highest BCUT2D eigenvalue weighted by Gasteiger charge is 2.89. The van der Waals surface area contributed by atoms with Crippen molar-refractivity contribution in [2.75, 3.05) is 39.7 Å². The molecule has 5 saturated carbocycles. The summed E-state index contributed by atoms with van der Waals surface area (Å²) in [7, 11) is 5.05. The molecule has 42 heavy (non-hydrogen) atoms. The number of nitrogens with zero attached hydrogens (tertiary/aromatic N) is 1. The van der Waals surface area contributed by atoms with Gasteiger partial charge in [-0.25, -0.2) is 4.79 Å². The average Bonchev–Trinajstić information content (AvgIpc) is 3.39. The molecule has 3 N–H and O–H groups in total. The zero-order chi connectivity index (χ0) is 29.8. The van der Waals surface area contributed by atoms with Crippen molar-refractivity contribution < 1.29 is 38.7 Å². The summed E-state index contributed by atoms with van der Waals surface area (Å²) in [6.45, 7) is 4.79. The second-order valence-electron chi connectivity index (χ2n) is 13.7. The highest BCUT2D eigenvalue weighted by atomic mass is 16.6. The zero-order valence-corrected chi connectivity index (χ0v) is 25.2. The van der Waals surface area contributed by atoms with Crippen LogP contribution >= 0.6 is 0 Å². The molecular weight excluding hydrogens is 540 g/mol. The third-order valence-electron chi connectivity index (χ3n) is 12.6. The number of likely N-dealkylation sites (tertiary alicyclic amines) is 1. The third kappa shape index (κ3) is 3.21. The topological polar surface area (TPSA) is 127 Å². The number of esters is 1. The molecule has 1 heterocycles. The molecule has 0 unspecified atom stereocenters. The number of hydrogen-bond donors (Lipinski definition) is 3. The first kappa shape index (κ1) is 28.7. The van der Waals surface area contributed by atoms with Gasteiger partial charge in [0.2, 0.25) is 5.91 Å². The molecule has 1 aromatic carbocycles. The number of likely N-dealkylation sites (N-methyl/N-ethyl adjacent to an activating group) is 1. The summed E-state index contributed by atoms with van der Waals surface area (Å²) < 4.78 is 25.1. The Hall–Kier alpha value is -2.08. The Morgan fingerprint density at radius 1 is 1.07 bits per heavy atom. The first-order chi connectivity index (χ1) is 20.1. The van der Waals surface area contributed by atoms with E-state index < -0.39 is 34.3 Å². The maximum absolute atomic E-state index is 14.0. The maximum atomic E-state index is 14.0. The van der Waals surface area contributed by atoms with E-state index in [1.54, 1.807) is 45.6 Å². The van der Waals surface area contributed by atoms with Crippen LogP contribution in [0.15, 0.2) is 24.3 Å². The lowest BCUT2D eigenvalue weighted by Gasteiger charge is -2.70. The van der Waals surface area contributed by atoms with Crippen LogP contribution in [-0.4, -0.2) is 103 Å². The van der Waals surface area contributed by atoms with Crippen molar-refractivity contribution in [1.82, 2.24) is 4.90 Å². The minimum Gasteiger partial charge on any atom is -0.454 e. The molecule has 5 aliphatic carbocycles. The van der Waals surface area contributed by atoms with Crippen molar-refractivity contribution in [3.05, 3.63) is 29.8 Å². The molecular formula is C32H44N2O8. The second-order valence-corrected chi connectivity index (χ2v) is 13.7. The number of ether oxygens (including phenoxy) is 4. The Bertz CT molecular complexity index is 1290. The van der Waals surface area contributed by atoms with E-state index in [0.717, 1.165) is 0 Å². The van der Waals surface area contributed by atoms with Gasteiger partial charge in [-0.2, -0.15) is 0 Å². The fourth-order valence-electron chi connectivity index (χ4n) is 11.6. The fourth-order valence-corrected chi connectivity index (χ4v) is 11.6. The Balaban J connectivity index is 1.38. The Morgan fingerprint density at radius 2 is 1.83 bits per heavy atom. The van der Waals surface area contributed by atoms with E-state index in [4.69, 9.17) is 18.9 Å². The average molecular weight is 585 g/mol. The van der Waals surface area contributed by atoms with Crippen LogP contribution in [0.2, 0.25) is 0 Å². The van der Waals surface area contributed by atoms with E-state index in [0.29, 0.717) is 56.4 Å². The number of nitrogens with one attached hydrogen (secondary N) is 1. The quantitative estimate of drug-likeness (QED) is 0.414. The van der Waals surface area contributed by atoms with Crippen LogP contribution in [0.3, 0.4) is 0 Å². The van der Waals surface area contributed by atoms with Gasteiger partial charge in [-0.3, -0.25) is 9.69 Å². The molecule has 6 aliphatic rings. The molecule has 0 radical (unpaired) electrons. The van der Waals surface area contributed by atoms with Gasteiger partial charge >= 0.3 is 5.97 Å². The SMILES string of the molecule is CCN1C[C@]2(OC(=O)c3ccccc3NC(C)=O)CC[C@H](OC)[C@]34[C@@H]1[C@H](C[C@H]23)[C@@]1(O)C[C@H](OC)[C@H]2C[C@@H]4[C@]1(O)[C@@H]2OC. The largest absolute Gasteiger partial charge is 0.454 e. The highest BCUT2D eigenvalue weighted by Crippen LogP contribution is 2.79. The minimum absolute atomic E-state index is 0.0432. The van der Waals surface area contributed by atoms with E-state index in [9.17, 15) is 19.8 Å². The molecule has 1 spiro atoms. The van der Waals surface area contributed by atoms with E-state index in [-0.39, 0.29) is 47.8 Å². The van der Waals surface area contributed by atoms with Gasteiger partial charge in [-0.05, 0) is 44.4 Å². The minimum atomic E-state index is -1.48. The lowest BCUT2D eigenvalue weighted by molar-refractivity contribution is -0.337. The number of fused-ring (bicyclic) bond motifs is 2. The zero-order valence-electron chi connectivity index (χ0n) is 25.2. The number of rotatable bonds is 7.